The molecule has 0 unspecified atom stereocenters. The molecule has 62 valence electrons. The van der Waals surface area contributed by atoms with Gasteiger partial charge in [-0.15, -0.1) is 0 Å². The summed E-state index contributed by atoms with van der Waals surface area (Å²) >= 11 is 0. The molecule has 1 fully saturated rings. The lowest BCUT2D eigenvalue weighted by atomic mass is 10.2. The third kappa shape index (κ3) is 2.35. The zero-order valence-electron chi connectivity index (χ0n) is 6.66. The van der Waals surface area contributed by atoms with Crippen LogP contribution in [-0.4, -0.2) is 35.6 Å². The highest BCUT2D eigenvalue weighted by molar-refractivity contribution is 5.79. The van der Waals surface area contributed by atoms with Crippen molar-refractivity contribution >= 4 is 5.97 Å². The van der Waals surface area contributed by atoms with Gasteiger partial charge in [0.25, 0.3) is 0 Å². The first-order chi connectivity index (χ1) is 5.20. The fourth-order valence-electron chi connectivity index (χ4n) is 1.37. The van der Waals surface area contributed by atoms with Gasteiger partial charge in [-0.1, -0.05) is 6.08 Å². The summed E-state index contributed by atoms with van der Waals surface area (Å²) in [5.74, 6) is -0.856. The Labute approximate surface area is 66.3 Å². The molecule has 0 aromatic heterocycles. The van der Waals surface area contributed by atoms with Crippen LogP contribution in [0.15, 0.2) is 12.2 Å². The number of nitrogens with zero attached hydrogens (tertiary/aromatic N) is 1. The van der Waals surface area contributed by atoms with Crippen LogP contribution in [0.3, 0.4) is 0 Å². The van der Waals surface area contributed by atoms with Gasteiger partial charge in [-0.25, -0.2) is 4.79 Å². The Bertz CT molecular complexity index is 177. The van der Waals surface area contributed by atoms with Gasteiger partial charge in [-0.2, -0.15) is 0 Å². The zero-order valence-corrected chi connectivity index (χ0v) is 6.66. The summed E-state index contributed by atoms with van der Waals surface area (Å²) in [5.41, 5.74) is 0. The molecule has 1 heterocycles. The first-order valence-corrected chi connectivity index (χ1v) is 3.81. The van der Waals surface area contributed by atoms with Crippen LogP contribution >= 0.6 is 0 Å². The van der Waals surface area contributed by atoms with Gasteiger partial charge in [0.15, 0.2) is 0 Å². The Balaban J connectivity index is 2.42. The van der Waals surface area contributed by atoms with E-state index in [1.54, 1.807) is 6.08 Å². The molecule has 1 atom stereocenters. The van der Waals surface area contributed by atoms with E-state index in [2.05, 4.69) is 4.90 Å². The maximum absolute atomic E-state index is 10.2. The predicted molar refractivity (Wildman–Crippen MR) is 42.4 cm³/mol. The minimum absolute atomic E-state index is 0.339. The summed E-state index contributed by atoms with van der Waals surface area (Å²) in [7, 11) is 2.02. The van der Waals surface area contributed by atoms with Crippen LogP contribution in [-0.2, 0) is 4.79 Å². The molecule has 3 heteroatoms. The van der Waals surface area contributed by atoms with Crippen LogP contribution in [0.5, 0.6) is 0 Å². The van der Waals surface area contributed by atoms with Gasteiger partial charge in [0, 0.05) is 12.1 Å². The number of likely N-dealkylation sites (N-methyl/N-ethyl adjacent to an activating group) is 1. The number of hydrogen-bond donors (Lipinski definition) is 1. The first kappa shape index (κ1) is 8.27. The van der Waals surface area contributed by atoms with E-state index in [1.165, 1.54) is 12.5 Å². The van der Waals surface area contributed by atoms with Crippen LogP contribution in [0.2, 0.25) is 0 Å². The van der Waals surface area contributed by atoms with E-state index in [0.29, 0.717) is 6.04 Å². The molecule has 0 aliphatic carbocycles. The molecule has 1 aliphatic heterocycles. The average molecular weight is 155 g/mol. The summed E-state index contributed by atoms with van der Waals surface area (Å²) in [6.45, 7) is 1.08. The van der Waals surface area contributed by atoms with Crippen molar-refractivity contribution in [2.24, 2.45) is 0 Å². The Kier molecular flexibility index (Phi) is 2.65. The minimum Gasteiger partial charge on any atom is -0.478 e. The van der Waals surface area contributed by atoms with Gasteiger partial charge >= 0.3 is 5.97 Å². The van der Waals surface area contributed by atoms with Crippen LogP contribution in [0.1, 0.15) is 12.8 Å². The van der Waals surface area contributed by atoms with Crippen molar-refractivity contribution in [3.05, 3.63) is 12.2 Å². The molecule has 1 N–H and O–H groups in total. The summed E-state index contributed by atoms with van der Waals surface area (Å²) in [5, 5.41) is 8.35. The Morgan fingerprint density at radius 3 is 2.91 bits per heavy atom. The van der Waals surface area contributed by atoms with Gasteiger partial charge in [-0.05, 0) is 26.4 Å². The maximum atomic E-state index is 10.2. The summed E-state index contributed by atoms with van der Waals surface area (Å²) in [6.07, 6.45) is 5.24. The lowest BCUT2D eigenvalue weighted by Gasteiger charge is -2.14. The van der Waals surface area contributed by atoms with E-state index in [4.69, 9.17) is 5.11 Å². The maximum Gasteiger partial charge on any atom is 0.328 e. The lowest BCUT2D eigenvalue weighted by molar-refractivity contribution is -0.131. The number of carboxylic acid groups (broad SMARTS) is 1. The second-order valence-electron chi connectivity index (χ2n) is 2.89. The molecule has 0 amide bonds. The Morgan fingerprint density at radius 1 is 1.73 bits per heavy atom. The topological polar surface area (TPSA) is 40.5 Å². The normalized spacial score (nSPS) is 26.5. The molecular weight excluding hydrogens is 142 g/mol. The van der Waals surface area contributed by atoms with E-state index in [-0.39, 0.29) is 0 Å². The smallest absolute Gasteiger partial charge is 0.328 e. The van der Waals surface area contributed by atoms with Crippen LogP contribution in [0, 0.1) is 0 Å². The van der Waals surface area contributed by atoms with E-state index >= 15 is 0 Å². The van der Waals surface area contributed by atoms with E-state index in [1.807, 2.05) is 7.05 Å². The molecule has 0 radical (unpaired) electrons. The molecule has 1 aliphatic rings. The highest BCUT2D eigenvalue weighted by Gasteiger charge is 2.17. The van der Waals surface area contributed by atoms with E-state index in [9.17, 15) is 4.79 Å². The zero-order chi connectivity index (χ0) is 8.27. The second kappa shape index (κ2) is 3.53. The number of aliphatic carboxylic acids is 1. The second-order valence-corrected chi connectivity index (χ2v) is 2.89. The van der Waals surface area contributed by atoms with Crippen molar-refractivity contribution in [2.75, 3.05) is 13.6 Å². The number of rotatable bonds is 2. The number of carbonyl (C=O) groups is 1. The van der Waals surface area contributed by atoms with Gasteiger partial charge in [-0.3, -0.25) is 4.90 Å². The van der Waals surface area contributed by atoms with Gasteiger partial charge in [0.05, 0.1) is 0 Å². The highest BCUT2D eigenvalue weighted by Crippen LogP contribution is 2.15. The average Bonchev–Trinajstić information content (AvgIpc) is 2.31. The van der Waals surface area contributed by atoms with Crippen LogP contribution in [0.4, 0.5) is 0 Å². The molecule has 0 bridgehead atoms. The number of hydrogen-bond acceptors (Lipinski definition) is 2. The largest absolute Gasteiger partial charge is 0.478 e. The molecule has 0 aromatic rings. The molecule has 0 saturated carbocycles. The van der Waals surface area contributed by atoms with E-state index in [0.717, 1.165) is 13.0 Å². The van der Waals surface area contributed by atoms with Crippen LogP contribution in [0.25, 0.3) is 0 Å². The Hall–Kier alpha value is -0.830. The minimum atomic E-state index is -0.856. The Morgan fingerprint density at radius 2 is 2.45 bits per heavy atom. The molecule has 1 rings (SSSR count). The fraction of sp³-hybridized carbons (Fsp3) is 0.625. The highest BCUT2D eigenvalue weighted by atomic mass is 16.4. The quantitative estimate of drug-likeness (QED) is 0.597. The molecule has 3 nitrogen and oxygen atoms in total. The van der Waals surface area contributed by atoms with Gasteiger partial charge in [0.2, 0.25) is 0 Å². The summed E-state index contributed by atoms with van der Waals surface area (Å²) in [4.78, 5) is 12.3. The van der Waals surface area contributed by atoms with Crippen molar-refractivity contribution in [1.29, 1.82) is 0 Å². The summed E-state index contributed by atoms with van der Waals surface area (Å²) < 4.78 is 0. The molecule has 1 saturated heterocycles. The fourth-order valence-corrected chi connectivity index (χ4v) is 1.37. The SMILES string of the molecule is CN1CCC[C@H]1/C=C/C(=O)O. The molecule has 11 heavy (non-hydrogen) atoms. The van der Waals surface area contributed by atoms with E-state index < -0.39 is 5.97 Å². The standard InChI is InChI=1S/C8H13NO2/c1-9-6-2-3-7(9)4-5-8(10)11/h4-5,7H,2-3,6H2,1H3,(H,10,11)/b5-4+/t7-/m0/s1. The monoisotopic (exact) mass is 155 g/mol. The van der Waals surface area contributed by atoms with Crippen molar-refractivity contribution in [3.63, 3.8) is 0 Å². The van der Waals surface area contributed by atoms with Gasteiger partial charge in [0.1, 0.15) is 0 Å². The number of likely N-dealkylation sites (tertiary alicyclic amines) is 1. The van der Waals surface area contributed by atoms with Gasteiger partial charge < -0.3 is 5.11 Å². The van der Waals surface area contributed by atoms with Crippen LogP contribution < -0.4 is 0 Å². The molecule has 0 aromatic carbocycles. The predicted octanol–water partition coefficient (Wildman–Crippen LogP) is 0.721. The lowest BCUT2D eigenvalue weighted by Crippen LogP contribution is -2.22. The van der Waals surface area contributed by atoms with Crippen molar-refractivity contribution in [1.82, 2.24) is 4.90 Å². The first-order valence-electron chi connectivity index (χ1n) is 3.81. The third-order valence-electron chi connectivity index (χ3n) is 2.04. The van der Waals surface area contributed by atoms with Crippen molar-refractivity contribution < 1.29 is 9.90 Å². The third-order valence-corrected chi connectivity index (χ3v) is 2.04. The molecule has 0 spiro atoms. The number of carboxylic acids is 1. The molecular formula is C8H13NO2. The van der Waals surface area contributed by atoms with Crippen molar-refractivity contribution in [2.45, 2.75) is 18.9 Å². The van der Waals surface area contributed by atoms with Crippen molar-refractivity contribution in [3.8, 4) is 0 Å². The summed E-state index contributed by atoms with van der Waals surface area (Å²) in [6, 6.07) is 0.339.